The number of hydrogen-bond acceptors (Lipinski definition) is 3. The first kappa shape index (κ1) is 14.2. The Morgan fingerprint density at radius 3 is 2.59 bits per heavy atom. The zero-order valence-electron chi connectivity index (χ0n) is 10.9. The van der Waals surface area contributed by atoms with Gasteiger partial charge in [-0.25, -0.2) is 0 Å². The Kier molecular flexibility index (Phi) is 6.19. The largest absolute Gasteiger partial charge is 0.390 e. The summed E-state index contributed by atoms with van der Waals surface area (Å²) in [4.78, 5) is 2.26. The van der Waals surface area contributed by atoms with Gasteiger partial charge in [0.15, 0.2) is 0 Å². The van der Waals surface area contributed by atoms with Gasteiger partial charge in [0.2, 0.25) is 0 Å². The highest BCUT2D eigenvalue weighted by atomic mass is 16.3. The standard InChI is InChI=1S/C12H18N2O.C2H6/c13-7-12(15)9-14-6-5-10-3-1-2-4-11(10)8-14;1-2/h1-4,12,15H,5-9,13H2;1-2H3. The van der Waals surface area contributed by atoms with E-state index in [0.29, 0.717) is 13.1 Å². The maximum Gasteiger partial charge on any atom is 0.0789 e. The van der Waals surface area contributed by atoms with Gasteiger partial charge in [0.05, 0.1) is 6.10 Å². The molecule has 1 unspecified atom stereocenters. The van der Waals surface area contributed by atoms with E-state index in [-0.39, 0.29) is 0 Å². The van der Waals surface area contributed by atoms with E-state index in [2.05, 4.69) is 29.2 Å². The van der Waals surface area contributed by atoms with Crippen molar-refractivity contribution in [2.24, 2.45) is 5.73 Å². The molecule has 0 radical (unpaired) electrons. The molecule has 3 nitrogen and oxygen atoms in total. The third kappa shape index (κ3) is 4.11. The Hall–Kier alpha value is -0.900. The van der Waals surface area contributed by atoms with Crippen molar-refractivity contribution in [3.8, 4) is 0 Å². The highest BCUT2D eigenvalue weighted by Crippen LogP contribution is 2.18. The maximum absolute atomic E-state index is 9.49. The van der Waals surface area contributed by atoms with E-state index >= 15 is 0 Å². The second-order valence-corrected chi connectivity index (χ2v) is 4.14. The topological polar surface area (TPSA) is 49.5 Å². The van der Waals surface area contributed by atoms with E-state index in [9.17, 15) is 5.11 Å². The van der Waals surface area contributed by atoms with Crippen LogP contribution in [-0.4, -0.2) is 35.7 Å². The highest BCUT2D eigenvalue weighted by molar-refractivity contribution is 5.29. The first-order chi connectivity index (χ1) is 8.29. The van der Waals surface area contributed by atoms with E-state index in [1.165, 1.54) is 11.1 Å². The Bertz CT molecular complexity index is 328. The van der Waals surface area contributed by atoms with Gasteiger partial charge in [-0.2, -0.15) is 0 Å². The molecule has 1 aromatic rings. The van der Waals surface area contributed by atoms with Crippen molar-refractivity contribution < 1.29 is 5.11 Å². The first-order valence-corrected chi connectivity index (χ1v) is 6.47. The van der Waals surface area contributed by atoms with E-state index in [0.717, 1.165) is 19.5 Å². The minimum absolute atomic E-state index is 0.345. The average molecular weight is 236 g/mol. The van der Waals surface area contributed by atoms with Crippen LogP contribution in [0.15, 0.2) is 24.3 Å². The molecule has 1 aromatic carbocycles. The van der Waals surface area contributed by atoms with Crippen molar-refractivity contribution in [1.82, 2.24) is 4.90 Å². The Morgan fingerprint density at radius 2 is 1.94 bits per heavy atom. The minimum atomic E-state index is -0.393. The summed E-state index contributed by atoms with van der Waals surface area (Å²) < 4.78 is 0. The summed E-state index contributed by atoms with van der Waals surface area (Å²) in [5.41, 5.74) is 8.23. The number of aliphatic hydroxyl groups is 1. The van der Waals surface area contributed by atoms with Crippen LogP contribution in [0.4, 0.5) is 0 Å². The summed E-state index contributed by atoms with van der Waals surface area (Å²) in [6.45, 7) is 6.99. The second-order valence-electron chi connectivity index (χ2n) is 4.14. The number of β-amino-alcohol motifs (C(OH)–C–C–N with tert-alkyl or cyclic N) is 1. The van der Waals surface area contributed by atoms with Gasteiger partial charge in [-0.1, -0.05) is 38.1 Å². The zero-order valence-corrected chi connectivity index (χ0v) is 10.9. The van der Waals surface area contributed by atoms with Crippen LogP contribution in [0.3, 0.4) is 0 Å². The fourth-order valence-electron chi connectivity index (χ4n) is 2.08. The van der Waals surface area contributed by atoms with Gasteiger partial charge in [-0.05, 0) is 17.5 Å². The molecule has 0 fully saturated rings. The molecule has 1 aliphatic rings. The summed E-state index contributed by atoms with van der Waals surface area (Å²) in [5.74, 6) is 0. The smallest absolute Gasteiger partial charge is 0.0789 e. The van der Waals surface area contributed by atoms with Gasteiger partial charge in [0.25, 0.3) is 0 Å². The second kappa shape index (κ2) is 7.43. The number of rotatable bonds is 3. The molecule has 0 saturated heterocycles. The van der Waals surface area contributed by atoms with Gasteiger partial charge >= 0.3 is 0 Å². The summed E-state index contributed by atoms with van der Waals surface area (Å²) in [7, 11) is 0. The fraction of sp³-hybridized carbons (Fsp3) is 0.571. The molecule has 1 aliphatic heterocycles. The quantitative estimate of drug-likeness (QED) is 0.834. The molecule has 0 aliphatic carbocycles. The van der Waals surface area contributed by atoms with E-state index in [4.69, 9.17) is 5.73 Å². The van der Waals surface area contributed by atoms with Crippen molar-refractivity contribution in [2.75, 3.05) is 19.6 Å². The SMILES string of the molecule is CC.NCC(O)CN1CCc2ccccc2C1. The summed E-state index contributed by atoms with van der Waals surface area (Å²) in [6.07, 6.45) is 0.684. The van der Waals surface area contributed by atoms with Crippen LogP contribution in [0, 0.1) is 0 Å². The van der Waals surface area contributed by atoms with Gasteiger partial charge in [-0.15, -0.1) is 0 Å². The number of hydrogen-bond donors (Lipinski definition) is 2. The predicted octanol–water partition coefficient (Wildman–Crippen LogP) is 1.39. The lowest BCUT2D eigenvalue weighted by Crippen LogP contribution is -2.39. The zero-order chi connectivity index (χ0) is 12.7. The summed E-state index contributed by atoms with van der Waals surface area (Å²) >= 11 is 0. The van der Waals surface area contributed by atoms with Gasteiger partial charge in [0, 0.05) is 26.2 Å². The van der Waals surface area contributed by atoms with Gasteiger partial charge in [-0.3, -0.25) is 4.90 Å². The van der Waals surface area contributed by atoms with Crippen molar-refractivity contribution >= 4 is 0 Å². The van der Waals surface area contributed by atoms with E-state index in [1.807, 2.05) is 13.8 Å². The Morgan fingerprint density at radius 1 is 1.29 bits per heavy atom. The van der Waals surface area contributed by atoms with Crippen molar-refractivity contribution in [3.63, 3.8) is 0 Å². The van der Waals surface area contributed by atoms with Crippen LogP contribution in [0.2, 0.25) is 0 Å². The molecule has 96 valence electrons. The molecular weight excluding hydrogens is 212 g/mol. The lowest BCUT2D eigenvalue weighted by molar-refractivity contribution is 0.111. The normalized spacial score (nSPS) is 16.7. The molecular formula is C14H24N2O. The van der Waals surface area contributed by atoms with Gasteiger partial charge in [0.1, 0.15) is 0 Å². The number of nitrogens with two attached hydrogens (primary N) is 1. The minimum Gasteiger partial charge on any atom is -0.390 e. The van der Waals surface area contributed by atoms with E-state index in [1.54, 1.807) is 0 Å². The van der Waals surface area contributed by atoms with Crippen molar-refractivity contribution in [1.29, 1.82) is 0 Å². The number of aliphatic hydroxyl groups excluding tert-OH is 1. The van der Waals surface area contributed by atoms with Crippen LogP contribution in [0.25, 0.3) is 0 Å². The molecule has 1 heterocycles. The molecule has 0 saturated carbocycles. The fourth-order valence-corrected chi connectivity index (χ4v) is 2.08. The summed E-state index contributed by atoms with van der Waals surface area (Å²) in [6, 6.07) is 8.51. The lowest BCUT2D eigenvalue weighted by Gasteiger charge is -2.29. The third-order valence-corrected chi connectivity index (χ3v) is 2.95. The van der Waals surface area contributed by atoms with E-state index < -0.39 is 6.10 Å². The number of benzene rings is 1. The molecule has 17 heavy (non-hydrogen) atoms. The molecule has 0 aromatic heterocycles. The van der Waals surface area contributed by atoms with Crippen molar-refractivity contribution in [3.05, 3.63) is 35.4 Å². The molecule has 2 rings (SSSR count). The molecule has 3 heteroatoms. The molecule has 3 N–H and O–H groups in total. The molecule has 1 atom stereocenters. The maximum atomic E-state index is 9.49. The predicted molar refractivity (Wildman–Crippen MR) is 71.8 cm³/mol. The van der Waals surface area contributed by atoms with Crippen LogP contribution in [-0.2, 0) is 13.0 Å². The van der Waals surface area contributed by atoms with Crippen LogP contribution in [0.5, 0.6) is 0 Å². The van der Waals surface area contributed by atoms with Gasteiger partial charge < -0.3 is 10.8 Å². The van der Waals surface area contributed by atoms with Crippen molar-refractivity contribution in [2.45, 2.75) is 32.9 Å². The monoisotopic (exact) mass is 236 g/mol. The average Bonchev–Trinajstić information content (AvgIpc) is 2.41. The molecule has 0 amide bonds. The Labute approximate surface area is 104 Å². The summed E-state index contributed by atoms with van der Waals surface area (Å²) in [5, 5.41) is 9.49. The Balaban J connectivity index is 0.000000686. The van der Waals surface area contributed by atoms with Crippen LogP contribution in [0.1, 0.15) is 25.0 Å². The van der Waals surface area contributed by atoms with Crippen LogP contribution >= 0.6 is 0 Å². The number of nitrogens with zero attached hydrogens (tertiary/aromatic N) is 1. The lowest BCUT2D eigenvalue weighted by atomic mass is 10.00. The number of fused-ring (bicyclic) bond motifs is 1. The first-order valence-electron chi connectivity index (χ1n) is 6.47. The molecule has 0 spiro atoms. The van der Waals surface area contributed by atoms with Crippen LogP contribution < -0.4 is 5.73 Å². The third-order valence-electron chi connectivity index (χ3n) is 2.95. The highest BCUT2D eigenvalue weighted by Gasteiger charge is 2.17. The molecule has 0 bridgehead atoms.